The molecule has 0 radical (unpaired) electrons. The number of aliphatic hydroxyl groups excluding tert-OH is 1. The van der Waals surface area contributed by atoms with Crippen LogP contribution in [0.2, 0.25) is 0 Å². The van der Waals surface area contributed by atoms with Gasteiger partial charge in [0.25, 0.3) is 0 Å². The lowest BCUT2D eigenvalue weighted by molar-refractivity contribution is 0.188. The number of thiocarbonyl (C=S) groups is 1. The van der Waals surface area contributed by atoms with Crippen LogP contribution >= 0.6 is 12.2 Å². The molecule has 2 atom stereocenters. The van der Waals surface area contributed by atoms with Gasteiger partial charge in [-0.3, -0.25) is 4.52 Å². The molecule has 1 aromatic heterocycles. The van der Waals surface area contributed by atoms with Crippen molar-refractivity contribution in [2.75, 3.05) is 6.54 Å². The monoisotopic (exact) mass is 289 g/mol. The highest BCUT2D eigenvalue weighted by Gasteiger charge is 2.41. The largest absolute Gasteiger partial charge is 0.446 e. The minimum absolute atomic E-state index is 0.226. The van der Waals surface area contributed by atoms with Gasteiger partial charge in [-0.2, -0.15) is 0 Å². The standard InChI is InChI=1S/C13H11N3O3S/c17-7-5-10-11-14-19-13(18)16(11)9-4-2-1-3-8(9)12(20)15(10)6-7/h1-4,7,10,17H,5-6H2/t7-,10+/m1/s1. The Labute approximate surface area is 119 Å². The number of aliphatic hydroxyl groups is 1. The Balaban J connectivity index is 2.05. The average molecular weight is 289 g/mol. The molecule has 4 rings (SSSR count). The summed E-state index contributed by atoms with van der Waals surface area (Å²) in [6, 6.07) is 7.18. The quantitative estimate of drug-likeness (QED) is 0.717. The van der Waals surface area contributed by atoms with Crippen molar-refractivity contribution in [1.82, 2.24) is 14.6 Å². The SMILES string of the molecule is O=c1onc2n1-c1ccccc1C(=S)N1C[C@H](O)C[C@@H]21. The van der Waals surface area contributed by atoms with Crippen molar-refractivity contribution < 1.29 is 9.63 Å². The molecule has 0 bridgehead atoms. The van der Waals surface area contributed by atoms with Gasteiger partial charge in [-0.05, 0) is 12.1 Å². The van der Waals surface area contributed by atoms with Crippen molar-refractivity contribution in [1.29, 1.82) is 0 Å². The van der Waals surface area contributed by atoms with Crippen molar-refractivity contribution in [3.05, 3.63) is 46.2 Å². The fraction of sp³-hybridized carbons (Fsp3) is 0.308. The molecular formula is C13H11N3O3S. The molecule has 2 aliphatic rings. The fourth-order valence-electron chi connectivity index (χ4n) is 2.98. The van der Waals surface area contributed by atoms with E-state index < -0.39 is 11.9 Å². The van der Waals surface area contributed by atoms with E-state index in [0.29, 0.717) is 29.5 Å². The average Bonchev–Trinajstić information content (AvgIpc) is 2.98. The predicted molar refractivity (Wildman–Crippen MR) is 73.9 cm³/mol. The summed E-state index contributed by atoms with van der Waals surface area (Å²) in [4.78, 5) is 14.5. The van der Waals surface area contributed by atoms with Gasteiger partial charge >= 0.3 is 5.76 Å². The van der Waals surface area contributed by atoms with E-state index >= 15 is 0 Å². The summed E-state index contributed by atoms with van der Waals surface area (Å²) >= 11 is 5.54. The molecule has 2 aliphatic heterocycles. The molecule has 0 saturated carbocycles. The van der Waals surface area contributed by atoms with E-state index in [-0.39, 0.29) is 6.04 Å². The van der Waals surface area contributed by atoms with Gasteiger partial charge in [0.1, 0.15) is 4.99 Å². The molecule has 0 unspecified atom stereocenters. The Morgan fingerprint density at radius 1 is 1.40 bits per heavy atom. The van der Waals surface area contributed by atoms with E-state index in [1.165, 1.54) is 4.57 Å². The van der Waals surface area contributed by atoms with Crippen LogP contribution < -0.4 is 5.76 Å². The number of rotatable bonds is 0. The van der Waals surface area contributed by atoms with E-state index in [0.717, 1.165) is 5.56 Å². The summed E-state index contributed by atoms with van der Waals surface area (Å²) in [6.07, 6.45) is 0.00331. The van der Waals surface area contributed by atoms with Gasteiger partial charge in [0.15, 0.2) is 5.82 Å². The number of nitrogens with zero attached hydrogens (tertiary/aromatic N) is 3. The number of aromatic nitrogens is 2. The van der Waals surface area contributed by atoms with Crippen molar-refractivity contribution >= 4 is 17.2 Å². The normalized spacial score (nSPS) is 24.1. The third-order valence-corrected chi connectivity index (χ3v) is 4.30. The lowest BCUT2D eigenvalue weighted by atomic mass is 10.1. The van der Waals surface area contributed by atoms with Crippen LogP contribution in [-0.2, 0) is 0 Å². The summed E-state index contributed by atoms with van der Waals surface area (Å²) in [7, 11) is 0. The minimum Gasteiger partial charge on any atom is -0.391 e. The van der Waals surface area contributed by atoms with Crippen molar-refractivity contribution in [3.63, 3.8) is 0 Å². The van der Waals surface area contributed by atoms with Gasteiger partial charge in [-0.25, -0.2) is 9.36 Å². The second kappa shape index (κ2) is 4.00. The maximum Gasteiger partial charge on any atom is 0.446 e. The first-order valence-electron chi connectivity index (χ1n) is 6.34. The van der Waals surface area contributed by atoms with Crippen LogP contribution in [0.5, 0.6) is 0 Å². The van der Waals surface area contributed by atoms with Crippen LogP contribution in [0.4, 0.5) is 0 Å². The summed E-state index contributed by atoms with van der Waals surface area (Å²) in [6.45, 7) is 0.443. The fourth-order valence-corrected chi connectivity index (χ4v) is 3.35. The number of benzene rings is 1. The molecule has 1 N–H and O–H groups in total. The Morgan fingerprint density at radius 3 is 3.05 bits per heavy atom. The van der Waals surface area contributed by atoms with Gasteiger partial charge in [0.05, 0.1) is 17.8 Å². The van der Waals surface area contributed by atoms with Gasteiger partial charge in [-0.15, -0.1) is 0 Å². The highest BCUT2D eigenvalue weighted by Crippen LogP contribution is 2.37. The molecule has 1 saturated heterocycles. The Morgan fingerprint density at radius 2 is 2.20 bits per heavy atom. The highest BCUT2D eigenvalue weighted by atomic mass is 32.1. The molecule has 0 amide bonds. The third kappa shape index (κ3) is 1.44. The lowest BCUT2D eigenvalue weighted by Gasteiger charge is -2.23. The number of hydrogen-bond acceptors (Lipinski definition) is 5. The molecule has 3 heterocycles. The highest BCUT2D eigenvalue weighted by molar-refractivity contribution is 7.80. The summed E-state index contributed by atoms with van der Waals surface area (Å²) < 4.78 is 6.26. The van der Waals surface area contributed by atoms with Gasteiger partial charge < -0.3 is 10.0 Å². The van der Waals surface area contributed by atoms with Crippen LogP contribution in [0.3, 0.4) is 0 Å². The van der Waals surface area contributed by atoms with Crippen LogP contribution in [0.15, 0.2) is 33.6 Å². The van der Waals surface area contributed by atoms with E-state index in [1.807, 2.05) is 29.2 Å². The van der Waals surface area contributed by atoms with Crippen molar-refractivity contribution in [3.8, 4) is 5.69 Å². The smallest absolute Gasteiger partial charge is 0.391 e. The first-order chi connectivity index (χ1) is 9.66. The van der Waals surface area contributed by atoms with E-state index in [4.69, 9.17) is 16.7 Å². The molecule has 2 aromatic rings. The zero-order chi connectivity index (χ0) is 13.9. The van der Waals surface area contributed by atoms with Crippen LogP contribution in [0.1, 0.15) is 23.9 Å². The summed E-state index contributed by atoms with van der Waals surface area (Å²) in [5.41, 5.74) is 1.47. The Hall–Kier alpha value is -1.99. The third-order valence-electron chi connectivity index (χ3n) is 3.84. The first kappa shape index (κ1) is 11.8. The van der Waals surface area contributed by atoms with Gasteiger partial charge in [0.2, 0.25) is 0 Å². The maximum absolute atomic E-state index is 12.0. The molecule has 7 heteroatoms. The lowest BCUT2D eigenvalue weighted by Crippen LogP contribution is -2.30. The molecule has 0 aliphatic carbocycles. The van der Waals surface area contributed by atoms with E-state index in [1.54, 1.807) is 0 Å². The molecular weight excluding hydrogens is 278 g/mol. The van der Waals surface area contributed by atoms with Crippen LogP contribution in [0.25, 0.3) is 5.69 Å². The zero-order valence-electron chi connectivity index (χ0n) is 10.4. The summed E-state index contributed by atoms with van der Waals surface area (Å²) in [5.74, 6) is -0.0302. The minimum atomic E-state index is -0.529. The van der Waals surface area contributed by atoms with Crippen LogP contribution in [-0.4, -0.2) is 37.4 Å². The van der Waals surface area contributed by atoms with Crippen LogP contribution in [0, 0.1) is 0 Å². The molecule has 102 valence electrons. The first-order valence-corrected chi connectivity index (χ1v) is 6.74. The Bertz CT molecular complexity index is 766. The predicted octanol–water partition coefficient (Wildman–Crippen LogP) is 0.622. The second-order valence-corrected chi connectivity index (χ2v) is 5.41. The number of hydrogen-bond donors (Lipinski definition) is 1. The topological polar surface area (TPSA) is 71.5 Å². The molecule has 0 spiro atoms. The molecule has 1 fully saturated rings. The molecule has 6 nitrogen and oxygen atoms in total. The number of para-hydroxylation sites is 1. The zero-order valence-corrected chi connectivity index (χ0v) is 11.2. The Kier molecular flexibility index (Phi) is 2.36. The van der Waals surface area contributed by atoms with Gasteiger partial charge in [-0.1, -0.05) is 29.5 Å². The van der Waals surface area contributed by atoms with Crippen molar-refractivity contribution in [2.24, 2.45) is 0 Å². The molecule has 20 heavy (non-hydrogen) atoms. The molecule has 1 aromatic carbocycles. The number of fused-ring (bicyclic) bond motifs is 5. The van der Waals surface area contributed by atoms with Gasteiger partial charge in [0, 0.05) is 18.5 Å². The maximum atomic E-state index is 12.0. The summed E-state index contributed by atoms with van der Waals surface area (Å²) in [5, 5.41) is 13.8. The second-order valence-electron chi connectivity index (χ2n) is 5.02. The van der Waals surface area contributed by atoms with E-state index in [2.05, 4.69) is 5.16 Å². The van der Waals surface area contributed by atoms with E-state index in [9.17, 15) is 9.90 Å². The van der Waals surface area contributed by atoms with Crippen molar-refractivity contribution in [2.45, 2.75) is 18.6 Å².